The minimum Gasteiger partial charge on any atom is -0.368 e. The predicted octanol–water partition coefficient (Wildman–Crippen LogP) is 1.50. The quantitative estimate of drug-likeness (QED) is 0.587. The molecule has 1 atom stereocenters. The fourth-order valence-corrected chi connectivity index (χ4v) is 3.39. The zero-order valence-corrected chi connectivity index (χ0v) is 16.3. The number of rotatable bonds is 7. The van der Waals surface area contributed by atoms with Crippen LogP contribution in [0.15, 0.2) is 40.3 Å². The monoisotopic (exact) mass is 386 g/mol. The largest absolute Gasteiger partial charge is 0.368 e. The molecule has 0 fully saturated rings. The number of thioether (sulfide) groups is 1. The van der Waals surface area contributed by atoms with E-state index < -0.39 is 0 Å². The van der Waals surface area contributed by atoms with E-state index in [4.69, 9.17) is 5.73 Å². The molecule has 10 heteroatoms. The van der Waals surface area contributed by atoms with Crippen LogP contribution in [0.2, 0.25) is 0 Å². The Morgan fingerprint density at radius 3 is 2.67 bits per heavy atom. The fourth-order valence-electron chi connectivity index (χ4n) is 2.47. The van der Waals surface area contributed by atoms with Crippen LogP contribution >= 0.6 is 11.8 Å². The third-order valence-corrected chi connectivity index (χ3v) is 4.98. The molecule has 2 aromatic heterocycles. The van der Waals surface area contributed by atoms with Crippen LogP contribution in [0.3, 0.4) is 0 Å². The maximum Gasteiger partial charge on any atom is 0.343 e. The number of benzene rings is 1. The third kappa shape index (κ3) is 4.64. The predicted molar refractivity (Wildman–Crippen MR) is 106 cm³/mol. The molecule has 9 nitrogen and oxygen atoms in total. The van der Waals surface area contributed by atoms with Crippen molar-refractivity contribution in [3.8, 4) is 0 Å². The number of aromatic nitrogens is 6. The third-order valence-electron chi connectivity index (χ3n) is 3.89. The van der Waals surface area contributed by atoms with Crippen LogP contribution in [0.1, 0.15) is 23.6 Å². The fraction of sp³-hybridized carbons (Fsp3) is 0.353. The molecular weight excluding hydrogens is 364 g/mol. The number of nitrogens with one attached hydrogen (secondary N) is 1. The second kappa shape index (κ2) is 8.21. The van der Waals surface area contributed by atoms with Crippen LogP contribution in [-0.4, -0.2) is 43.8 Å². The van der Waals surface area contributed by atoms with E-state index in [0.29, 0.717) is 23.5 Å². The van der Waals surface area contributed by atoms with E-state index in [9.17, 15) is 4.79 Å². The van der Waals surface area contributed by atoms with Gasteiger partial charge >= 0.3 is 5.69 Å². The van der Waals surface area contributed by atoms with Crippen molar-refractivity contribution in [3.63, 3.8) is 0 Å². The zero-order chi connectivity index (χ0) is 19.4. The Morgan fingerprint density at radius 1 is 1.22 bits per heavy atom. The standard InChI is InChI=1S/C17H22N8OS/c1-11(13-19-14(18)21-15(20-13)24(2)3)27-17-23-22-16(26)25(17)10-9-12-7-5-4-6-8-12/h4-8,11H,9-10H2,1-3H3,(H,22,26)(H2,18,19,20,21). The normalized spacial score (nSPS) is 12.1. The van der Waals surface area contributed by atoms with Gasteiger partial charge in [0.05, 0.1) is 5.25 Å². The molecule has 2 heterocycles. The Labute approximate surface area is 161 Å². The van der Waals surface area contributed by atoms with Crippen LogP contribution < -0.4 is 16.3 Å². The number of aryl methyl sites for hydroxylation is 1. The number of nitrogen functional groups attached to an aromatic ring is 1. The molecule has 0 aliphatic heterocycles. The summed E-state index contributed by atoms with van der Waals surface area (Å²) in [4.78, 5) is 26.7. The van der Waals surface area contributed by atoms with Gasteiger partial charge in [-0.05, 0) is 18.9 Å². The molecule has 142 valence electrons. The second-order valence-electron chi connectivity index (χ2n) is 6.20. The lowest BCUT2D eigenvalue weighted by Crippen LogP contribution is -2.19. The molecular formula is C17H22N8OS. The first-order valence-electron chi connectivity index (χ1n) is 8.48. The van der Waals surface area contributed by atoms with Gasteiger partial charge in [-0.2, -0.15) is 15.0 Å². The summed E-state index contributed by atoms with van der Waals surface area (Å²) >= 11 is 1.40. The average molecular weight is 386 g/mol. The van der Waals surface area contributed by atoms with E-state index in [0.717, 1.165) is 12.0 Å². The van der Waals surface area contributed by atoms with E-state index in [-0.39, 0.29) is 16.9 Å². The maximum atomic E-state index is 12.1. The Hall–Kier alpha value is -2.88. The molecule has 1 unspecified atom stereocenters. The molecule has 1 aromatic carbocycles. The van der Waals surface area contributed by atoms with Gasteiger partial charge < -0.3 is 10.6 Å². The Kier molecular flexibility index (Phi) is 5.75. The van der Waals surface area contributed by atoms with Crippen LogP contribution in [0, 0.1) is 0 Å². The van der Waals surface area contributed by atoms with Crippen LogP contribution in [0.5, 0.6) is 0 Å². The van der Waals surface area contributed by atoms with Gasteiger partial charge in [0.25, 0.3) is 0 Å². The molecule has 0 aliphatic carbocycles. The van der Waals surface area contributed by atoms with Crippen molar-refractivity contribution in [2.75, 3.05) is 24.7 Å². The van der Waals surface area contributed by atoms with Gasteiger partial charge in [0.15, 0.2) is 5.16 Å². The van der Waals surface area contributed by atoms with Gasteiger partial charge in [0.1, 0.15) is 5.82 Å². The lowest BCUT2D eigenvalue weighted by atomic mass is 10.1. The van der Waals surface area contributed by atoms with E-state index >= 15 is 0 Å². The van der Waals surface area contributed by atoms with Crippen molar-refractivity contribution in [2.24, 2.45) is 0 Å². The Balaban J connectivity index is 1.77. The lowest BCUT2D eigenvalue weighted by molar-refractivity contribution is 0.614. The van der Waals surface area contributed by atoms with Crippen molar-refractivity contribution < 1.29 is 0 Å². The van der Waals surface area contributed by atoms with Crippen molar-refractivity contribution in [3.05, 3.63) is 52.2 Å². The lowest BCUT2D eigenvalue weighted by Gasteiger charge is -2.14. The van der Waals surface area contributed by atoms with E-state index in [1.165, 1.54) is 11.8 Å². The summed E-state index contributed by atoms with van der Waals surface area (Å²) in [5, 5.41) is 7.11. The van der Waals surface area contributed by atoms with Gasteiger partial charge in [0.2, 0.25) is 11.9 Å². The van der Waals surface area contributed by atoms with Crippen LogP contribution in [0.25, 0.3) is 0 Å². The first-order chi connectivity index (χ1) is 12.9. The minimum atomic E-state index is -0.232. The molecule has 0 bridgehead atoms. The highest BCUT2D eigenvalue weighted by Crippen LogP contribution is 2.31. The molecule has 3 aromatic rings. The van der Waals surface area contributed by atoms with Crippen molar-refractivity contribution in [2.45, 2.75) is 30.3 Å². The SMILES string of the molecule is CC(Sc1n[nH]c(=O)n1CCc1ccccc1)c1nc(N)nc(N(C)C)n1. The zero-order valence-electron chi connectivity index (χ0n) is 15.5. The van der Waals surface area contributed by atoms with Crippen molar-refractivity contribution >= 4 is 23.7 Å². The number of hydrogen-bond donors (Lipinski definition) is 2. The average Bonchev–Trinajstić information content (AvgIpc) is 2.99. The number of aromatic amines is 1. The summed E-state index contributed by atoms with van der Waals surface area (Å²) < 4.78 is 1.63. The van der Waals surface area contributed by atoms with Crippen LogP contribution in [0.4, 0.5) is 11.9 Å². The highest BCUT2D eigenvalue weighted by atomic mass is 32.2. The topological polar surface area (TPSA) is 119 Å². The first kappa shape index (κ1) is 18.9. The highest BCUT2D eigenvalue weighted by Gasteiger charge is 2.18. The summed E-state index contributed by atoms with van der Waals surface area (Å²) in [6.07, 6.45) is 0.742. The van der Waals surface area contributed by atoms with E-state index in [1.807, 2.05) is 51.4 Å². The molecule has 3 N–H and O–H groups in total. The molecule has 0 radical (unpaired) electrons. The molecule has 0 saturated heterocycles. The van der Waals surface area contributed by atoms with Gasteiger partial charge in [0, 0.05) is 20.6 Å². The number of H-pyrrole nitrogens is 1. The second-order valence-corrected chi connectivity index (χ2v) is 7.51. The number of nitrogens with zero attached hydrogens (tertiary/aromatic N) is 6. The maximum absolute atomic E-state index is 12.1. The Bertz CT molecular complexity index is 953. The smallest absolute Gasteiger partial charge is 0.343 e. The van der Waals surface area contributed by atoms with E-state index in [1.54, 1.807) is 9.47 Å². The van der Waals surface area contributed by atoms with Crippen molar-refractivity contribution in [1.29, 1.82) is 0 Å². The summed E-state index contributed by atoms with van der Waals surface area (Å²) in [5.41, 5.74) is 6.73. The van der Waals surface area contributed by atoms with Gasteiger partial charge in [-0.3, -0.25) is 4.57 Å². The summed E-state index contributed by atoms with van der Waals surface area (Å²) in [6, 6.07) is 10.0. The molecule has 0 saturated carbocycles. The van der Waals surface area contributed by atoms with Crippen LogP contribution in [-0.2, 0) is 13.0 Å². The van der Waals surface area contributed by atoms with Gasteiger partial charge in [-0.25, -0.2) is 9.89 Å². The van der Waals surface area contributed by atoms with Gasteiger partial charge in [-0.1, -0.05) is 42.1 Å². The number of hydrogen-bond acceptors (Lipinski definition) is 8. The molecule has 3 rings (SSSR count). The van der Waals surface area contributed by atoms with Crippen molar-refractivity contribution in [1.82, 2.24) is 29.7 Å². The summed E-state index contributed by atoms with van der Waals surface area (Å²) in [5.74, 6) is 1.20. The summed E-state index contributed by atoms with van der Waals surface area (Å²) in [7, 11) is 3.68. The highest BCUT2D eigenvalue weighted by molar-refractivity contribution is 7.99. The minimum absolute atomic E-state index is 0.153. The first-order valence-corrected chi connectivity index (χ1v) is 9.36. The summed E-state index contributed by atoms with van der Waals surface area (Å²) in [6.45, 7) is 2.48. The number of anilines is 2. The molecule has 0 aliphatic rings. The van der Waals surface area contributed by atoms with E-state index in [2.05, 4.69) is 25.1 Å². The molecule has 0 amide bonds. The Morgan fingerprint density at radius 2 is 1.96 bits per heavy atom. The molecule has 0 spiro atoms. The van der Waals surface area contributed by atoms with Gasteiger partial charge in [-0.15, -0.1) is 5.10 Å². The molecule has 27 heavy (non-hydrogen) atoms. The number of nitrogens with two attached hydrogens (primary N) is 1.